The van der Waals surface area contributed by atoms with Gasteiger partial charge in [0.05, 0.1) is 13.2 Å². The van der Waals surface area contributed by atoms with Crippen LogP contribution < -0.4 is 0 Å². The van der Waals surface area contributed by atoms with Gasteiger partial charge in [0, 0.05) is 21.5 Å². The second kappa shape index (κ2) is 6.23. The number of carbonyl (C=O) groups excluding carboxylic acids is 2. The van der Waals surface area contributed by atoms with Crippen molar-refractivity contribution in [1.82, 2.24) is 9.80 Å². The molecular weight excluding hydrogens is 248 g/mol. The van der Waals surface area contributed by atoms with E-state index in [2.05, 4.69) is 0 Å². The fourth-order valence-corrected chi connectivity index (χ4v) is 1.66. The minimum Gasteiger partial charge on any atom is -0.444 e. The molecule has 1 aliphatic heterocycles. The van der Waals surface area contributed by atoms with Gasteiger partial charge in [0.15, 0.2) is 0 Å². The lowest BCUT2D eigenvalue weighted by molar-refractivity contribution is -0.139. The van der Waals surface area contributed by atoms with Crippen LogP contribution in [0.5, 0.6) is 0 Å². The molecule has 1 fully saturated rings. The topological polar surface area (TPSA) is 59.1 Å². The molecule has 110 valence electrons. The van der Waals surface area contributed by atoms with E-state index in [1.807, 2.05) is 0 Å². The third kappa shape index (κ3) is 4.70. The molecule has 0 saturated carbocycles. The average molecular weight is 273 g/mol. The molecule has 0 bridgehead atoms. The van der Waals surface area contributed by atoms with Crippen molar-refractivity contribution in [2.75, 3.05) is 33.3 Å². The smallest absolute Gasteiger partial charge is 0.410 e. The summed E-state index contributed by atoms with van der Waals surface area (Å²) in [6.45, 7) is 8.92. The van der Waals surface area contributed by atoms with Crippen LogP contribution in [0.2, 0.25) is 0 Å². The average Bonchev–Trinajstić information content (AvgIpc) is 2.37. The van der Waals surface area contributed by atoms with Crippen molar-refractivity contribution in [2.45, 2.75) is 39.3 Å². The van der Waals surface area contributed by atoms with Crippen molar-refractivity contribution < 1.29 is 20.4 Å². The molecule has 1 atom stereocenters. The molecule has 2 amide bonds. The molecular formula is C13H24N2O4. The molecule has 0 aromatic rings. The largest absolute Gasteiger partial charge is 0.444 e. The highest BCUT2D eigenvalue weighted by atomic mass is 16.6. The molecule has 0 aromatic heterocycles. The van der Waals surface area contributed by atoms with Gasteiger partial charge in [-0.05, 0) is 27.7 Å². The first-order chi connectivity index (χ1) is 9.26. The zero-order chi connectivity index (χ0) is 15.3. The molecule has 6 nitrogen and oxygen atoms in total. The predicted octanol–water partition coefficient (Wildman–Crippen LogP) is 1.10. The van der Waals surface area contributed by atoms with E-state index in [-0.39, 0.29) is 12.9 Å². The molecule has 0 aromatic carbocycles. The van der Waals surface area contributed by atoms with E-state index in [1.165, 1.54) is 0 Å². The lowest BCUT2D eigenvalue weighted by atomic mass is 10.2. The SMILES string of the molecule is [2H]CN(C(=O)OC(C)(C)C)[C@@H](C)C(=O)N1CCOCC1. The van der Waals surface area contributed by atoms with Gasteiger partial charge in [-0.15, -0.1) is 0 Å². The number of nitrogens with zero attached hydrogens (tertiary/aromatic N) is 2. The van der Waals surface area contributed by atoms with Crippen molar-refractivity contribution in [3.63, 3.8) is 0 Å². The molecule has 19 heavy (non-hydrogen) atoms. The number of likely N-dealkylation sites (N-methyl/N-ethyl adjacent to an activating group) is 1. The third-order valence-electron chi connectivity index (χ3n) is 2.78. The number of amides is 2. The molecule has 0 aliphatic carbocycles. The predicted molar refractivity (Wildman–Crippen MR) is 70.9 cm³/mol. The highest BCUT2D eigenvalue weighted by Crippen LogP contribution is 2.12. The minimum absolute atomic E-state index is 0.175. The number of hydrogen-bond acceptors (Lipinski definition) is 4. The molecule has 1 aliphatic rings. The molecule has 0 radical (unpaired) electrons. The van der Waals surface area contributed by atoms with Crippen molar-refractivity contribution in [1.29, 1.82) is 0 Å². The maximum atomic E-state index is 12.3. The fourth-order valence-electron chi connectivity index (χ4n) is 1.66. The molecule has 1 heterocycles. The number of ether oxygens (including phenoxy) is 2. The Labute approximate surface area is 116 Å². The molecule has 1 saturated heterocycles. The van der Waals surface area contributed by atoms with Gasteiger partial charge in [-0.25, -0.2) is 4.79 Å². The van der Waals surface area contributed by atoms with E-state index in [4.69, 9.17) is 10.8 Å². The summed E-state index contributed by atoms with van der Waals surface area (Å²) in [5.74, 6) is -0.175. The standard InChI is InChI=1S/C13H24N2O4/c1-10(11(16)15-6-8-18-9-7-15)14(5)12(17)19-13(2,3)4/h10H,6-9H2,1-5H3/t10-/m0/s1/i5D. The van der Waals surface area contributed by atoms with Crippen LogP contribution in [-0.2, 0) is 14.3 Å². The molecule has 0 N–H and O–H groups in total. The Kier molecular flexibility index (Phi) is 4.63. The minimum atomic E-state index is -0.708. The van der Waals surface area contributed by atoms with E-state index in [1.54, 1.807) is 32.6 Å². The fraction of sp³-hybridized carbons (Fsp3) is 0.846. The first-order valence-electron chi connectivity index (χ1n) is 7.12. The summed E-state index contributed by atoms with van der Waals surface area (Å²) >= 11 is 0. The Hall–Kier alpha value is -1.30. The van der Waals surface area contributed by atoms with Gasteiger partial charge in [0.25, 0.3) is 0 Å². The van der Waals surface area contributed by atoms with Crippen LogP contribution >= 0.6 is 0 Å². The molecule has 0 unspecified atom stereocenters. The summed E-state index contributed by atoms with van der Waals surface area (Å²) in [4.78, 5) is 27.1. The maximum Gasteiger partial charge on any atom is 0.410 e. The Bertz CT molecular complexity index is 351. The van der Waals surface area contributed by atoms with Gasteiger partial charge in [0.1, 0.15) is 11.6 Å². The van der Waals surface area contributed by atoms with E-state index in [9.17, 15) is 9.59 Å². The van der Waals surface area contributed by atoms with E-state index in [0.29, 0.717) is 26.3 Å². The Morgan fingerprint density at radius 3 is 2.42 bits per heavy atom. The van der Waals surface area contributed by atoms with E-state index in [0.717, 1.165) is 4.90 Å². The molecule has 0 spiro atoms. The van der Waals surface area contributed by atoms with E-state index >= 15 is 0 Å². The number of carbonyl (C=O) groups is 2. The highest BCUT2D eigenvalue weighted by Gasteiger charge is 2.30. The van der Waals surface area contributed by atoms with Crippen molar-refractivity contribution in [3.8, 4) is 0 Å². The van der Waals surface area contributed by atoms with Crippen LogP contribution in [0, 0.1) is 0 Å². The Morgan fingerprint density at radius 1 is 1.37 bits per heavy atom. The van der Waals surface area contributed by atoms with Crippen molar-refractivity contribution in [3.05, 3.63) is 0 Å². The molecule has 6 heteroatoms. The van der Waals surface area contributed by atoms with Gasteiger partial charge >= 0.3 is 6.09 Å². The first kappa shape index (κ1) is 14.1. The zero-order valence-electron chi connectivity index (χ0n) is 13.1. The third-order valence-corrected chi connectivity index (χ3v) is 2.78. The van der Waals surface area contributed by atoms with Crippen LogP contribution in [-0.4, -0.2) is 66.8 Å². The lowest BCUT2D eigenvalue weighted by Gasteiger charge is -2.33. The summed E-state index contributed by atoms with van der Waals surface area (Å²) in [7, 11) is -0.313. The van der Waals surface area contributed by atoms with Gasteiger partial charge in [-0.3, -0.25) is 9.69 Å². The van der Waals surface area contributed by atoms with Crippen molar-refractivity contribution >= 4 is 12.0 Å². The van der Waals surface area contributed by atoms with Crippen LogP contribution in [0.3, 0.4) is 0 Å². The maximum absolute atomic E-state index is 12.3. The van der Waals surface area contributed by atoms with E-state index < -0.39 is 17.7 Å². The van der Waals surface area contributed by atoms with Crippen LogP contribution in [0.1, 0.15) is 29.1 Å². The summed E-state index contributed by atoms with van der Waals surface area (Å²) in [6, 6.07) is -0.708. The summed E-state index contributed by atoms with van der Waals surface area (Å²) in [5, 5.41) is 0. The first-order valence-corrected chi connectivity index (χ1v) is 6.41. The summed E-state index contributed by atoms with van der Waals surface area (Å²) in [6.07, 6.45) is -0.637. The monoisotopic (exact) mass is 273 g/mol. The Balaban J connectivity index is 2.67. The van der Waals surface area contributed by atoms with Gasteiger partial charge in [0.2, 0.25) is 5.91 Å². The number of hydrogen-bond donors (Lipinski definition) is 0. The lowest BCUT2D eigenvalue weighted by Crippen LogP contribution is -2.51. The highest BCUT2D eigenvalue weighted by molar-refractivity contribution is 5.85. The van der Waals surface area contributed by atoms with Crippen LogP contribution in [0.4, 0.5) is 4.79 Å². The normalized spacial score (nSPS) is 18.5. The zero-order valence-corrected chi connectivity index (χ0v) is 12.1. The van der Waals surface area contributed by atoms with Gasteiger partial charge in [-0.1, -0.05) is 0 Å². The van der Waals surface area contributed by atoms with Gasteiger partial charge in [-0.2, -0.15) is 0 Å². The van der Waals surface area contributed by atoms with Crippen LogP contribution in [0.15, 0.2) is 0 Å². The Morgan fingerprint density at radius 2 is 1.95 bits per heavy atom. The molecule has 1 rings (SSSR count). The second-order valence-electron chi connectivity index (χ2n) is 5.56. The quantitative estimate of drug-likeness (QED) is 0.756. The van der Waals surface area contributed by atoms with Gasteiger partial charge < -0.3 is 14.4 Å². The summed E-state index contributed by atoms with van der Waals surface area (Å²) in [5.41, 5.74) is -0.647. The number of rotatable bonds is 2. The number of morpholine rings is 1. The second-order valence-corrected chi connectivity index (χ2v) is 5.56. The van der Waals surface area contributed by atoms with Crippen LogP contribution in [0.25, 0.3) is 0 Å². The summed E-state index contributed by atoms with van der Waals surface area (Å²) < 4.78 is 17.9. The van der Waals surface area contributed by atoms with Crippen molar-refractivity contribution in [2.24, 2.45) is 0 Å².